The van der Waals surface area contributed by atoms with Gasteiger partial charge in [-0.25, -0.2) is 4.98 Å². The van der Waals surface area contributed by atoms with Crippen LogP contribution >= 0.6 is 0 Å². The van der Waals surface area contributed by atoms with Crippen molar-refractivity contribution in [1.29, 1.82) is 0 Å². The Balaban J connectivity index is 1.85. The Kier molecular flexibility index (Phi) is 4.56. The van der Waals surface area contributed by atoms with Gasteiger partial charge in [0.1, 0.15) is 5.75 Å². The largest absolute Gasteiger partial charge is 0.435 e. The van der Waals surface area contributed by atoms with Gasteiger partial charge in [-0.3, -0.25) is 14.2 Å². The molecular weight excluding hydrogens is 330 g/mol. The number of alkyl halides is 2. The van der Waals surface area contributed by atoms with Gasteiger partial charge in [0.05, 0.1) is 23.8 Å². The number of carbonyl (C=O) groups is 1. The molecule has 0 atom stereocenters. The van der Waals surface area contributed by atoms with Gasteiger partial charge in [-0.15, -0.1) is 0 Å². The molecule has 0 saturated heterocycles. The number of fused-ring (bicyclic) bond motifs is 1. The number of halogens is 2. The van der Waals surface area contributed by atoms with Crippen LogP contribution in [-0.4, -0.2) is 21.9 Å². The number of hydrogen-bond acceptors (Lipinski definition) is 4. The van der Waals surface area contributed by atoms with Crippen molar-refractivity contribution in [2.45, 2.75) is 20.1 Å². The Morgan fingerprint density at radius 1 is 1.20 bits per heavy atom. The second-order valence-electron chi connectivity index (χ2n) is 5.47. The molecule has 0 unspecified atom stereocenters. The van der Waals surface area contributed by atoms with Crippen LogP contribution in [0.15, 0.2) is 53.6 Å². The van der Waals surface area contributed by atoms with Gasteiger partial charge in [-0.2, -0.15) is 8.78 Å². The molecule has 0 aliphatic rings. The monoisotopic (exact) mass is 344 g/mol. The van der Waals surface area contributed by atoms with E-state index in [4.69, 9.17) is 0 Å². The minimum Gasteiger partial charge on any atom is -0.435 e. The van der Waals surface area contributed by atoms with Crippen LogP contribution in [0.2, 0.25) is 0 Å². The number of nitrogens with zero attached hydrogens (tertiary/aromatic N) is 2. The third kappa shape index (κ3) is 3.55. The van der Waals surface area contributed by atoms with E-state index in [0.717, 1.165) is 5.56 Å². The highest BCUT2D eigenvalue weighted by molar-refractivity contribution is 5.96. The molecule has 0 spiro atoms. The standard InChI is InChI=1S/C18H14F2N2O3/c1-11-3-2-4-14-16(11)21-10-22(17(14)24)9-15(23)12-5-7-13(8-6-12)25-18(19)20/h2-8,10,18H,9H2,1H3. The molecule has 0 radical (unpaired) electrons. The van der Waals surface area contributed by atoms with E-state index in [9.17, 15) is 18.4 Å². The molecule has 0 bridgehead atoms. The summed E-state index contributed by atoms with van der Waals surface area (Å²) in [5, 5.41) is 0.441. The van der Waals surface area contributed by atoms with Gasteiger partial charge in [0.2, 0.25) is 0 Å². The maximum Gasteiger partial charge on any atom is 0.387 e. The number of aromatic nitrogens is 2. The second-order valence-corrected chi connectivity index (χ2v) is 5.47. The molecule has 3 aromatic rings. The lowest BCUT2D eigenvalue weighted by molar-refractivity contribution is -0.0498. The van der Waals surface area contributed by atoms with Crippen molar-refractivity contribution in [3.63, 3.8) is 0 Å². The van der Waals surface area contributed by atoms with Crippen molar-refractivity contribution >= 4 is 16.7 Å². The van der Waals surface area contributed by atoms with E-state index in [1.807, 2.05) is 13.0 Å². The molecule has 25 heavy (non-hydrogen) atoms. The number of carbonyl (C=O) groups excluding carboxylic acids is 1. The minimum atomic E-state index is -2.92. The fourth-order valence-corrected chi connectivity index (χ4v) is 2.52. The van der Waals surface area contributed by atoms with Crippen molar-refractivity contribution in [1.82, 2.24) is 9.55 Å². The summed E-state index contributed by atoms with van der Waals surface area (Å²) in [6, 6.07) is 10.6. The Hall–Kier alpha value is -3.09. The van der Waals surface area contributed by atoms with Crippen LogP contribution in [0.3, 0.4) is 0 Å². The molecule has 0 amide bonds. The molecule has 7 heteroatoms. The molecular formula is C18H14F2N2O3. The summed E-state index contributed by atoms with van der Waals surface area (Å²) >= 11 is 0. The fraction of sp³-hybridized carbons (Fsp3) is 0.167. The molecule has 0 N–H and O–H groups in total. The Morgan fingerprint density at radius 2 is 1.92 bits per heavy atom. The fourth-order valence-electron chi connectivity index (χ4n) is 2.52. The van der Waals surface area contributed by atoms with E-state index in [1.165, 1.54) is 35.2 Å². The molecule has 5 nitrogen and oxygen atoms in total. The molecule has 1 heterocycles. The number of rotatable bonds is 5. The first-order valence-corrected chi connectivity index (χ1v) is 7.48. The number of benzene rings is 2. The van der Waals surface area contributed by atoms with Gasteiger partial charge < -0.3 is 4.74 Å². The quantitative estimate of drug-likeness (QED) is 0.667. The zero-order valence-electron chi connectivity index (χ0n) is 13.3. The Bertz CT molecular complexity index is 982. The van der Waals surface area contributed by atoms with E-state index < -0.39 is 6.61 Å². The minimum absolute atomic E-state index is 0.0356. The molecule has 0 aliphatic heterocycles. The van der Waals surface area contributed by atoms with Crippen LogP contribution in [0.4, 0.5) is 8.78 Å². The lowest BCUT2D eigenvalue weighted by atomic mass is 10.1. The molecule has 1 aromatic heterocycles. The SMILES string of the molecule is Cc1cccc2c(=O)n(CC(=O)c3ccc(OC(F)F)cc3)cnc12. The van der Waals surface area contributed by atoms with Crippen molar-refractivity contribution < 1.29 is 18.3 Å². The van der Waals surface area contributed by atoms with Crippen LogP contribution in [0.1, 0.15) is 15.9 Å². The third-order valence-corrected chi connectivity index (χ3v) is 3.77. The van der Waals surface area contributed by atoms with Crippen molar-refractivity contribution in [2.75, 3.05) is 0 Å². The number of Topliss-reactive ketones (excluding diaryl/α,β-unsaturated/α-hetero) is 1. The summed E-state index contributed by atoms with van der Waals surface area (Å²) < 4.78 is 29.7. The summed E-state index contributed by atoms with van der Waals surface area (Å²) in [5.74, 6) is -0.369. The maximum absolute atomic E-state index is 12.5. The third-order valence-electron chi connectivity index (χ3n) is 3.77. The van der Waals surface area contributed by atoms with Gasteiger partial charge >= 0.3 is 6.61 Å². The first-order valence-electron chi connectivity index (χ1n) is 7.48. The molecule has 2 aromatic carbocycles. The number of para-hydroxylation sites is 1. The van der Waals surface area contributed by atoms with Crippen molar-refractivity contribution in [3.8, 4) is 5.75 Å². The Morgan fingerprint density at radius 3 is 2.60 bits per heavy atom. The van der Waals surface area contributed by atoms with Crippen LogP contribution in [0.25, 0.3) is 10.9 Å². The van der Waals surface area contributed by atoms with Crippen LogP contribution in [0.5, 0.6) is 5.75 Å². The summed E-state index contributed by atoms with van der Waals surface area (Å²) in [7, 11) is 0. The summed E-state index contributed by atoms with van der Waals surface area (Å²) in [6.45, 7) is -1.26. The highest BCUT2D eigenvalue weighted by atomic mass is 19.3. The van der Waals surface area contributed by atoms with Gasteiger partial charge in [-0.05, 0) is 42.8 Å². The average Bonchev–Trinajstić information content (AvgIpc) is 2.58. The smallest absolute Gasteiger partial charge is 0.387 e. The summed E-state index contributed by atoms with van der Waals surface area (Å²) in [6.07, 6.45) is 1.34. The molecule has 3 rings (SSSR count). The number of aryl methyl sites for hydroxylation is 1. The van der Waals surface area contributed by atoms with Crippen LogP contribution < -0.4 is 10.3 Å². The van der Waals surface area contributed by atoms with E-state index in [0.29, 0.717) is 10.9 Å². The lowest BCUT2D eigenvalue weighted by Crippen LogP contribution is -2.24. The van der Waals surface area contributed by atoms with Crippen LogP contribution in [-0.2, 0) is 6.54 Å². The number of ketones is 1. The van der Waals surface area contributed by atoms with E-state index in [-0.39, 0.29) is 29.2 Å². The predicted octanol–water partition coefficient (Wildman–Crippen LogP) is 3.19. The topological polar surface area (TPSA) is 61.2 Å². The van der Waals surface area contributed by atoms with Gasteiger partial charge in [0.25, 0.3) is 5.56 Å². The van der Waals surface area contributed by atoms with Gasteiger partial charge in [0, 0.05) is 5.56 Å². The summed E-state index contributed by atoms with van der Waals surface area (Å²) in [4.78, 5) is 29.1. The van der Waals surface area contributed by atoms with Gasteiger partial charge in [-0.1, -0.05) is 12.1 Å². The zero-order chi connectivity index (χ0) is 18.0. The van der Waals surface area contributed by atoms with E-state index in [2.05, 4.69) is 9.72 Å². The highest BCUT2D eigenvalue weighted by Crippen LogP contribution is 2.16. The number of hydrogen-bond donors (Lipinski definition) is 0. The first kappa shape index (κ1) is 16.8. The second kappa shape index (κ2) is 6.80. The molecule has 0 saturated carbocycles. The van der Waals surface area contributed by atoms with E-state index >= 15 is 0 Å². The zero-order valence-corrected chi connectivity index (χ0v) is 13.3. The first-order chi connectivity index (χ1) is 12.0. The van der Waals surface area contributed by atoms with E-state index in [1.54, 1.807) is 12.1 Å². The molecule has 128 valence electrons. The Labute approximate surface area is 141 Å². The van der Waals surface area contributed by atoms with Gasteiger partial charge in [0.15, 0.2) is 5.78 Å². The number of ether oxygens (including phenoxy) is 1. The maximum atomic E-state index is 12.5. The molecule has 0 aliphatic carbocycles. The summed E-state index contributed by atoms with van der Waals surface area (Å²) in [5.41, 5.74) is 1.46. The average molecular weight is 344 g/mol. The van der Waals surface area contributed by atoms with Crippen LogP contribution in [0, 0.1) is 6.92 Å². The van der Waals surface area contributed by atoms with Crippen molar-refractivity contribution in [3.05, 3.63) is 70.3 Å². The lowest BCUT2D eigenvalue weighted by Gasteiger charge is -2.08. The van der Waals surface area contributed by atoms with Crippen molar-refractivity contribution in [2.24, 2.45) is 0 Å². The molecule has 0 fully saturated rings. The predicted molar refractivity (Wildman–Crippen MR) is 88.1 cm³/mol. The normalized spacial score (nSPS) is 11.0. The highest BCUT2D eigenvalue weighted by Gasteiger charge is 2.12.